The molecule has 2 aromatic rings. The van der Waals surface area contributed by atoms with Gasteiger partial charge in [-0.05, 0) is 24.3 Å². The van der Waals surface area contributed by atoms with E-state index in [1.54, 1.807) is 0 Å². The Bertz CT molecular complexity index is 769. The van der Waals surface area contributed by atoms with Crippen molar-refractivity contribution in [3.63, 3.8) is 0 Å². The highest BCUT2D eigenvalue weighted by Crippen LogP contribution is 2.22. The zero-order valence-electron chi connectivity index (χ0n) is 11.8. The van der Waals surface area contributed by atoms with Crippen LogP contribution in [0.1, 0.15) is 10.4 Å². The van der Waals surface area contributed by atoms with Crippen molar-refractivity contribution in [2.75, 3.05) is 4.90 Å². The predicted molar refractivity (Wildman–Crippen MR) is 83.2 cm³/mol. The number of benzene rings is 2. The molecular weight excluding hydrogens is 302 g/mol. The van der Waals surface area contributed by atoms with E-state index in [9.17, 15) is 25.0 Å². The molecule has 2 rings (SSSR count). The third-order valence-corrected chi connectivity index (χ3v) is 3.07. The van der Waals surface area contributed by atoms with E-state index in [-0.39, 0.29) is 16.9 Å². The van der Waals surface area contributed by atoms with E-state index < -0.39 is 15.8 Å². The van der Waals surface area contributed by atoms with Crippen molar-refractivity contribution in [2.45, 2.75) is 0 Å². The number of carbonyl (C=O) groups excluding carboxylic acids is 1. The second-order valence-corrected chi connectivity index (χ2v) is 4.44. The fourth-order valence-electron chi connectivity index (χ4n) is 1.91. The summed E-state index contributed by atoms with van der Waals surface area (Å²) >= 11 is 0. The molecule has 1 amide bonds. The van der Waals surface area contributed by atoms with Crippen LogP contribution in [-0.2, 0) is 0 Å². The Hall–Kier alpha value is -3.55. The maximum atomic E-state index is 12.4. The molecule has 0 aliphatic heterocycles. The van der Waals surface area contributed by atoms with Crippen LogP contribution in [0.15, 0.2) is 61.3 Å². The van der Waals surface area contributed by atoms with Gasteiger partial charge in [-0.15, -0.1) is 0 Å². The van der Waals surface area contributed by atoms with E-state index in [0.717, 1.165) is 0 Å². The lowest BCUT2D eigenvalue weighted by Crippen LogP contribution is -2.24. The summed E-state index contributed by atoms with van der Waals surface area (Å²) in [6.07, 6.45) is 1.27. The molecular formula is C15H11N3O5. The second-order valence-electron chi connectivity index (χ2n) is 4.44. The maximum absolute atomic E-state index is 12.4. The van der Waals surface area contributed by atoms with Gasteiger partial charge >= 0.3 is 0 Å². The molecule has 0 aromatic heterocycles. The molecule has 0 atom stereocenters. The minimum Gasteiger partial charge on any atom is -0.284 e. The molecule has 0 aliphatic rings. The molecule has 0 spiro atoms. The Balaban J connectivity index is 2.29. The van der Waals surface area contributed by atoms with Gasteiger partial charge in [-0.3, -0.25) is 29.9 Å². The van der Waals surface area contributed by atoms with E-state index in [4.69, 9.17) is 0 Å². The van der Waals surface area contributed by atoms with Crippen molar-refractivity contribution in [1.82, 2.24) is 0 Å². The number of nitrogens with zero attached hydrogens (tertiary/aromatic N) is 3. The summed E-state index contributed by atoms with van der Waals surface area (Å²) in [4.78, 5) is 33.8. The summed E-state index contributed by atoms with van der Waals surface area (Å²) in [6, 6.07) is 10.5. The van der Waals surface area contributed by atoms with Gasteiger partial charge in [-0.1, -0.05) is 6.58 Å². The molecule has 0 unspecified atom stereocenters. The Morgan fingerprint density at radius 1 is 0.913 bits per heavy atom. The van der Waals surface area contributed by atoms with E-state index in [0.29, 0.717) is 5.69 Å². The summed E-state index contributed by atoms with van der Waals surface area (Å²) in [6.45, 7) is 3.55. The number of hydrogen-bond donors (Lipinski definition) is 0. The van der Waals surface area contributed by atoms with Crippen LogP contribution >= 0.6 is 0 Å². The Labute approximate surface area is 130 Å². The predicted octanol–water partition coefficient (Wildman–Crippen LogP) is 3.29. The first-order chi connectivity index (χ1) is 10.9. The van der Waals surface area contributed by atoms with Crippen LogP contribution in [0.3, 0.4) is 0 Å². The molecule has 2 aromatic carbocycles. The first-order valence-corrected chi connectivity index (χ1v) is 6.39. The summed E-state index contributed by atoms with van der Waals surface area (Å²) < 4.78 is 0. The monoisotopic (exact) mass is 313 g/mol. The number of amides is 1. The van der Waals surface area contributed by atoms with Crippen LogP contribution in [0.2, 0.25) is 0 Å². The topological polar surface area (TPSA) is 107 Å². The lowest BCUT2D eigenvalue weighted by molar-refractivity contribution is -0.385. The summed E-state index contributed by atoms with van der Waals surface area (Å²) in [5.41, 5.74) is 0.408. The molecule has 0 heterocycles. The van der Waals surface area contributed by atoms with Crippen LogP contribution in [0.25, 0.3) is 0 Å². The number of non-ortho nitro benzene ring substituents is 2. The van der Waals surface area contributed by atoms with Gasteiger partial charge in [0.25, 0.3) is 17.3 Å². The van der Waals surface area contributed by atoms with E-state index in [2.05, 4.69) is 6.58 Å². The number of anilines is 1. The standard InChI is InChI=1S/C15H11N3O5/c1-2-16(12-7-9-14(10-8-12)18(22)23)15(19)11-3-5-13(6-4-11)17(20)21/h2-10H,1H2. The normalized spacial score (nSPS) is 9.91. The maximum Gasteiger partial charge on any atom is 0.269 e. The van der Waals surface area contributed by atoms with Gasteiger partial charge in [0.05, 0.1) is 9.85 Å². The van der Waals surface area contributed by atoms with Gasteiger partial charge < -0.3 is 0 Å². The molecule has 0 fully saturated rings. The van der Waals surface area contributed by atoms with Crippen molar-refractivity contribution in [3.05, 3.63) is 87.1 Å². The average Bonchev–Trinajstić information content (AvgIpc) is 2.56. The Morgan fingerprint density at radius 2 is 1.35 bits per heavy atom. The highest BCUT2D eigenvalue weighted by atomic mass is 16.6. The first kappa shape index (κ1) is 15.8. The summed E-state index contributed by atoms with van der Waals surface area (Å²) in [7, 11) is 0. The summed E-state index contributed by atoms with van der Waals surface area (Å²) in [5, 5.41) is 21.3. The lowest BCUT2D eigenvalue weighted by atomic mass is 10.1. The fourth-order valence-corrected chi connectivity index (χ4v) is 1.91. The average molecular weight is 313 g/mol. The van der Waals surface area contributed by atoms with Crippen LogP contribution in [0, 0.1) is 20.2 Å². The Morgan fingerprint density at radius 3 is 1.74 bits per heavy atom. The molecule has 0 radical (unpaired) electrons. The van der Waals surface area contributed by atoms with Crippen LogP contribution < -0.4 is 4.90 Å². The molecule has 0 bridgehead atoms. The van der Waals surface area contributed by atoms with Crippen molar-refractivity contribution in [1.29, 1.82) is 0 Å². The molecule has 0 saturated heterocycles. The van der Waals surface area contributed by atoms with Gasteiger partial charge in [-0.25, -0.2) is 0 Å². The highest BCUT2D eigenvalue weighted by Gasteiger charge is 2.17. The zero-order chi connectivity index (χ0) is 17.0. The van der Waals surface area contributed by atoms with Crippen LogP contribution in [0.5, 0.6) is 0 Å². The number of hydrogen-bond acceptors (Lipinski definition) is 5. The van der Waals surface area contributed by atoms with E-state index >= 15 is 0 Å². The molecule has 0 saturated carbocycles. The minimum atomic E-state index is -0.560. The third kappa shape index (κ3) is 3.38. The zero-order valence-corrected chi connectivity index (χ0v) is 11.8. The van der Waals surface area contributed by atoms with Gasteiger partial charge in [0.1, 0.15) is 0 Å². The quantitative estimate of drug-likeness (QED) is 0.621. The third-order valence-electron chi connectivity index (χ3n) is 3.07. The van der Waals surface area contributed by atoms with Crippen molar-refractivity contribution in [2.24, 2.45) is 0 Å². The van der Waals surface area contributed by atoms with Crippen LogP contribution in [-0.4, -0.2) is 15.8 Å². The Kier molecular flexibility index (Phi) is 4.46. The smallest absolute Gasteiger partial charge is 0.269 e. The second kappa shape index (κ2) is 6.48. The lowest BCUT2D eigenvalue weighted by Gasteiger charge is -2.18. The number of rotatable bonds is 5. The van der Waals surface area contributed by atoms with Crippen LogP contribution in [0.4, 0.5) is 17.1 Å². The minimum absolute atomic E-state index is 0.0967. The molecule has 0 aliphatic carbocycles. The molecule has 0 N–H and O–H groups in total. The van der Waals surface area contributed by atoms with Crippen molar-refractivity contribution < 1.29 is 14.6 Å². The molecule has 8 heteroatoms. The molecule has 23 heavy (non-hydrogen) atoms. The van der Waals surface area contributed by atoms with E-state index in [1.165, 1.54) is 59.6 Å². The summed E-state index contributed by atoms with van der Waals surface area (Å²) in [5.74, 6) is -0.455. The number of nitro benzene ring substituents is 2. The van der Waals surface area contributed by atoms with Crippen molar-refractivity contribution >= 4 is 23.0 Å². The number of carbonyl (C=O) groups is 1. The molecule has 116 valence electrons. The van der Waals surface area contributed by atoms with E-state index in [1.807, 2.05) is 0 Å². The largest absolute Gasteiger partial charge is 0.284 e. The number of nitro groups is 2. The molecule has 8 nitrogen and oxygen atoms in total. The highest BCUT2D eigenvalue weighted by molar-refractivity contribution is 6.07. The SMILES string of the molecule is C=CN(C(=O)c1ccc([N+](=O)[O-])cc1)c1ccc([N+](=O)[O-])cc1. The van der Waals surface area contributed by atoms with Gasteiger partial charge in [-0.2, -0.15) is 0 Å². The van der Waals surface area contributed by atoms with Gasteiger partial charge in [0.15, 0.2) is 0 Å². The van der Waals surface area contributed by atoms with Gasteiger partial charge in [0.2, 0.25) is 0 Å². The van der Waals surface area contributed by atoms with Crippen molar-refractivity contribution in [3.8, 4) is 0 Å². The first-order valence-electron chi connectivity index (χ1n) is 6.39. The van der Waals surface area contributed by atoms with Gasteiger partial charge in [0, 0.05) is 41.7 Å². The fraction of sp³-hybridized carbons (Fsp3) is 0.